The molecule has 0 bridgehead atoms. The highest BCUT2D eigenvalue weighted by Crippen LogP contribution is 2.18. The van der Waals surface area contributed by atoms with Gasteiger partial charge in [0, 0.05) is 19.8 Å². The Labute approximate surface area is 119 Å². The van der Waals surface area contributed by atoms with Crippen LogP contribution >= 0.6 is 0 Å². The Balaban J connectivity index is 2.42. The van der Waals surface area contributed by atoms with Crippen LogP contribution in [0.5, 0.6) is 0 Å². The first-order valence-electron chi connectivity index (χ1n) is 6.60. The van der Waals surface area contributed by atoms with Crippen LogP contribution < -0.4 is 10.5 Å². The van der Waals surface area contributed by atoms with Gasteiger partial charge >= 0.3 is 0 Å². The molecule has 0 radical (unpaired) electrons. The summed E-state index contributed by atoms with van der Waals surface area (Å²) in [5.41, 5.74) is 5.41. The molecule has 0 heterocycles. The fourth-order valence-electron chi connectivity index (χ4n) is 1.57. The molecule has 1 aromatic rings. The molecule has 20 heavy (non-hydrogen) atoms. The van der Waals surface area contributed by atoms with E-state index < -0.39 is 15.8 Å². The molecule has 0 unspecified atom stereocenters. The second kappa shape index (κ2) is 8.18. The molecule has 0 aliphatic heterocycles. The van der Waals surface area contributed by atoms with Gasteiger partial charge in [-0.05, 0) is 31.0 Å². The molecule has 1 rings (SSSR count). The van der Waals surface area contributed by atoms with Crippen molar-refractivity contribution in [3.8, 4) is 0 Å². The van der Waals surface area contributed by atoms with Crippen molar-refractivity contribution in [1.82, 2.24) is 4.72 Å². The maximum atomic E-state index is 12.9. The SMILES string of the molecule is CCCCOCCCNS(=O)(=O)c1ccc(F)cc1N. The molecule has 0 aliphatic rings. The first-order chi connectivity index (χ1) is 9.47. The summed E-state index contributed by atoms with van der Waals surface area (Å²) in [6, 6.07) is 3.21. The van der Waals surface area contributed by atoms with Gasteiger partial charge in [-0.1, -0.05) is 13.3 Å². The van der Waals surface area contributed by atoms with Gasteiger partial charge in [0.2, 0.25) is 10.0 Å². The molecule has 114 valence electrons. The molecule has 3 N–H and O–H groups in total. The molecule has 0 amide bonds. The Kier molecular flexibility index (Phi) is 6.90. The zero-order valence-corrected chi connectivity index (χ0v) is 12.4. The molecule has 0 aromatic heterocycles. The van der Waals surface area contributed by atoms with Crippen LogP contribution in [0.3, 0.4) is 0 Å². The van der Waals surface area contributed by atoms with Crippen LogP contribution in [0.15, 0.2) is 23.1 Å². The summed E-state index contributed by atoms with van der Waals surface area (Å²) in [6.45, 7) is 3.52. The predicted octanol–water partition coefficient (Wildman–Crippen LogP) is 1.89. The third-order valence-corrected chi connectivity index (χ3v) is 4.20. The largest absolute Gasteiger partial charge is 0.398 e. The summed E-state index contributed by atoms with van der Waals surface area (Å²) in [5, 5.41) is 0. The maximum absolute atomic E-state index is 12.9. The lowest BCUT2D eigenvalue weighted by Crippen LogP contribution is -2.26. The van der Waals surface area contributed by atoms with Gasteiger partial charge in [0.15, 0.2) is 0 Å². The lowest BCUT2D eigenvalue weighted by molar-refractivity contribution is 0.130. The number of nitrogens with two attached hydrogens (primary N) is 1. The molecule has 0 saturated heterocycles. The highest BCUT2D eigenvalue weighted by molar-refractivity contribution is 7.89. The van der Waals surface area contributed by atoms with Crippen molar-refractivity contribution in [1.29, 1.82) is 0 Å². The molecule has 0 saturated carbocycles. The Bertz CT molecular complexity index is 520. The molecular formula is C13H21FN2O3S. The molecule has 0 atom stereocenters. The van der Waals surface area contributed by atoms with Gasteiger partial charge in [-0.25, -0.2) is 17.5 Å². The van der Waals surface area contributed by atoms with E-state index in [0.717, 1.165) is 31.0 Å². The van der Waals surface area contributed by atoms with Gasteiger partial charge in [-0.3, -0.25) is 0 Å². The van der Waals surface area contributed by atoms with Gasteiger partial charge in [0.25, 0.3) is 0 Å². The first kappa shape index (κ1) is 16.9. The van der Waals surface area contributed by atoms with Crippen molar-refractivity contribution in [3.63, 3.8) is 0 Å². The van der Waals surface area contributed by atoms with E-state index in [1.807, 2.05) is 0 Å². The maximum Gasteiger partial charge on any atom is 0.242 e. The zero-order chi connectivity index (χ0) is 15.0. The van der Waals surface area contributed by atoms with E-state index in [9.17, 15) is 12.8 Å². The first-order valence-corrected chi connectivity index (χ1v) is 8.08. The fourth-order valence-corrected chi connectivity index (χ4v) is 2.76. The highest BCUT2D eigenvalue weighted by Gasteiger charge is 2.16. The van der Waals surface area contributed by atoms with Gasteiger partial charge in [0.05, 0.1) is 5.69 Å². The summed E-state index contributed by atoms with van der Waals surface area (Å²) < 4.78 is 44.5. The van der Waals surface area contributed by atoms with Gasteiger partial charge in [-0.2, -0.15) is 0 Å². The van der Waals surface area contributed by atoms with Crippen LogP contribution in [0.1, 0.15) is 26.2 Å². The molecule has 1 aromatic carbocycles. The van der Waals surface area contributed by atoms with Crippen molar-refractivity contribution in [2.75, 3.05) is 25.5 Å². The number of unbranched alkanes of at least 4 members (excludes halogenated alkanes) is 1. The van der Waals surface area contributed by atoms with Gasteiger partial charge in [0.1, 0.15) is 10.7 Å². The average Bonchev–Trinajstić information content (AvgIpc) is 2.37. The minimum absolute atomic E-state index is 0.100. The smallest absolute Gasteiger partial charge is 0.242 e. The monoisotopic (exact) mass is 304 g/mol. The van der Waals surface area contributed by atoms with E-state index in [4.69, 9.17) is 10.5 Å². The van der Waals surface area contributed by atoms with Crippen molar-refractivity contribution in [2.24, 2.45) is 0 Å². The van der Waals surface area contributed by atoms with E-state index in [0.29, 0.717) is 19.6 Å². The number of hydrogen-bond acceptors (Lipinski definition) is 4. The molecule has 5 nitrogen and oxygen atoms in total. The number of nitrogen functional groups attached to an aromatic ring is 1. The molecular weight excluding hydrogens is 283 g/mol. The normalized spacial score (nSPS) is 11.7. The summed E-state index contributed by atoms with van der Waals surface area (Å²) >= 11 is 0. The minimum atomic E-state index is -3.70. The van der Waals surface area contributed by atoms with Gasteiger partial charge < -0.3 is 10.5 Å². The van der Waals surface area contributed by atoms with Crippen LogP contribution in [0.2, 0.25) is 0 Å². The quantitative estimate of drug-likeness (QED) is 0.539. The Morgan fingerprint density at radius 2 is 2.00 bits per heavy atom. The van der Waals surface area contributed by atoms with Crippen LogP contribution in [0, 0.1) is 5.82 Å². The number of sulfonamides is 1. The number of hydrogen-bond donors (Lipinski definition) is 2. The standard InChI is InChI=1S/C13H21FN2O3S/c1-2-3-8-19-9-4-7-16-20(17,18)13-6-5-11(14)10-12(13)15/h5-6,10,16H,2-4,7-9,15H2,1H3. The molecule has 0 spiro atoms. The van der Waals surface area contributed by atoms with E-state index in [1.165, 1.54) is 0 Å². The molecule has 0 aliphatic carbocycles. The summed E-state index contributed by atoms with van der Waals surface area (Å²) in [6.07, 6.45) is 2.64. The lowest BCUT2D eigenvalue weighted by atomic mass is 10.3. The third kappa shape index (κ3) is 5.44. The zero-order valence-electron chi connectivity index (χ0n) is 11.6. The van der Waals surface area contributed by atoms with E-state index in [-0.39, 0.29) is 17.1 Å². The fraction of sp³-hybridized carbons (Fsp3) is 0.538. The topological polar surface area (TPSA) is 81.4 Å². The van der Waals surface area contributed by atoms with Crippen molar-refractivity contribution >= 4 is 15.7 Å². The number of benzene rings is 1. The van der Waals surface area contributed by atoms with E-state index in [2.05, 4.69) is 11.6 Å². The van der Waals surface area contributed by atoms with Crippen molar-refractivity contribution < 1.29 is 17.5 Å². The molecule has 0 fully saturated rings. The minimum Gasteiger partial charge on any atom is -0.398 e. The van der Waals surface area contributed by atoms with Gasteiger partial charge in [-0.15, -0.1) is 0 Å². The Morgan fingerprint density at radius 3 is 2.65 bits per heavy atom. The number of nitrogens with one attached hydrogen (secondary N) is 1. The average molecular weight is 304 g/mol. The summed E-state index contributed by atoms with van der Waals surface area (Å²) in [4.78, 5) is -0.106. The molecule has 7 heteroatoms. The van der Waals surface area contributed by atoms with Crippen LogP contribution in [0.4, 0.5) is 10.1 Å². The number of ether oxygens (including phenoxy) is 1. The highest BCUT2D eigenvalue weighted by atomic mass is 32.2. The Hall–Kier alpha value is -1.18. The summed E-state index contributed by atoms with van der Waals surface area (Å²) in [7, 11) is -3.70. The van der Waals surface area contributed by atoms with E-state index >= 15 is 0 Å². The predicted molar refractivity (Wildman–Crippen MR) is 76.3 cm³/mol. The number of halogens is 1. The second-order valence-corrected chi connectivity index (χ2v) is 6.13. The van der Waals surface area contributed by atoms with Crippen molar-refractivity contribution in [3.05, 3.63) is 24.0 Å². The van der Waals surface area contributed by atoms with Crippen molar-refractivity contribution in [2.45, 2.75) is 31.1 Å². The van der Waals surface area contributed by atoms with Crippen LogP contribution in [0.25, 0.3) is 0 Å². The summed E-state index contributed by atoms with van der Waals surface area (Å²) in [5.74, 6) is -0.564. The number of rotatable bonds is 9. The van der Waals surface area contributed by atoms with Crippen LogP contribution in [-0.4, -0.2) is 28.2 Å². The Morgan fingerprint density at radius 1 is 1.30 bits per heavy atom. The van der Waals surface area contributed by atoms with E-state index in [1.54, 1.807) is 0 Å². The number of anilines is 1. The second-order valence-electron chi connectivity index (χ2n) is 4.40. The third-order valence-electron chi connectivity index (χ3n) is 2.66. The lowest BCUT2D eigenvalue weighted by Gasteiger charge is -2.09. The van der Waals surface area contributed by atoms with Crippen LogP contribution in [-0.2, 0) is 14.8 Å².